The highest BCUT2D eigenvalue weighted by Crippen LogP contribution is 2.24. The molecule has 1 aromatic carbocycles. The fourth-order valence-electron chi connectivity index (χ4n) is 1.78. The van der Waals surface area contributed by atoms with E-state index in [-0.39, 0.29) is 21.9 Å². The number of nitrogens with one attached hydrogen (secondary N) is 1. The van der Waals surface area contributed by atoms with Crippen LogP contribution in [0.4, 0.5) is 10.1 Å². The summed E-state index contributed by atoms with van der Waals surface area (Å²) in [5.41, 5.74) is 1.03. The molecule has 0 saturated heterocycles. The van der Waals surface area contributed by atoms with Crippen molar-refractivity contribution in [3.05, 3.63) is 53.6 Å². The lowest BCUT2D eigenvalue weighted by Gasteiger charge is -2.06. The molecule has 3 aromatic rings. The maximum atomic E-state index is 13.0. The van der Waals surface area contributed by atoms with Gasteiger partial charge in [0.15, 0.2) is 0 Å². The summed E-state index contributed by atoms with van der Waals surface area (Å²) >= 11 is 6.94. The first kappa shape index (κ1) is 16.4. The number of benzene rings is 1. The Labute approximate surface area is 145 Å². The van der Waals surface area contributed by atoms with Crippen LogP contribution in [0.1, 0.15) is 0 Å². The molecule has 1 amide bonds. The molecule has 0 atom stereocenters. The standard InChI is InChI=1S/C15H10ClFN4O2S/c16-11-6-10(17)3-4-12(11)19-13(22)8-24-15-21-20-14(23-15)9-2-1-5-18-7-9/h1-7H,8H2,(H,19,22). The van der Waals surface area contributed by atoms with Gasteiger partial charge in [-0.25, -0.2) is 4.39 Å². The third-order valence-corrected chi connectivity index (χ3v) is 3.98. The molecule has 0 aliphatic rings. The number of rotatable bonds is 5. The Bertz CT molecular complexity index is 860. The average molecular weight is 365 g/mol. The van der Waals surface area contributed by atoms with Crippen molar-refractivity contribution in [1.82, 2.24) is 15.2 Å². The zero-order chi connectivity index (χ0) is 16.9. The van der Waals surface area contributed by atoms with Gasteiger partial charge in [0.05, 0.1) is 22.0 Å². The molecule has 0 aliphatic heterocycles. The molecule has 3 rings (SSSR count). The number of anilines is 1. The van der Waals surface area contributed by atoms with Crippen LogP contribution < -0.4 is 5.32 Å². The van der Waals surface area contributed by atoms with Crippen molar-refractivity contribution in [2.75, 3.05) is 11.1 Å². The largest absolute Gasteiger partial charge is 0.411 e. The van der Waals surface area contributed by atoms with Crippen LogP contribution in [0.3, 0.4) is 0 Å². The lowest BCUT2D eigenvalue weighted by atomic mass is 10.3. The Morgan fingerprint density at radius 3 is 2.96 bits per heavy atom. The number of aromatic nitrogens is 3. The Kier molecular flexibility index (Phi) is 5.07. The van der Waals surface area contributed by atoms with E-state index in [4.69, 9.17) is 16.0 Å². The van der Waals surface area contributed by atoms with E-state index < -0.39 is 5.82 Å². The molecule has 0 bridgehead atoms. The smallest absolute Gasteiger partial charge is 0.277 e. The van der Waals surface area contributed by atoms with Gasteiger partial charge in [0.1, 0.15) is 5.82 Å². The number of carbonyl (C=O) groups excluding carboxylic acids is 1. The molecule has 0 aliphatic carbocycles. The highest BCUT2D eigenvalue weighted by molar-refractivity contribution is 7.99. The van der Waals surface area contributed by atoms with Crippen molar-refractivity contribution in [3.8, 4) is 11.5 Å². The van der Waals surface area contributed by atoms with Crippen molar-refractivity contribution in [2.24, 2.45) is 0 Å². The lowest BCUT2D eigenvalue weighted by Crippen LogP contribution is -2.14. The summed E-state index contributed by atoms with van der Waals surface area (Å²) in [6.45, 7) is 0. The van der Waals surface area contributed by atoms with Crippen LogP contribution in [0.25, 0.3) is 11.5 Å². The fourth-order valence-corrected chi connectivity index (χ4v) is 2.56. The van der Waals surface area contributed by atoms with E-state index in [9.17, 15) is 9.18 Å². The van der Waals surface area contributed by atoms with E-state index in [1.165, 1.54) is 12.1 Å². The van der Waals surface area contributed by atoms with E-state index in [2.05, 4.69) is 20.5 Å². The number of nitrogens with zero attached hydrogens (tertiary/aromatic N) is 3. The number of carbonyl (C=O) groups is 1. The molecule has 0 fully saturated rings. The minimum absolute atomic E-state index is 0.0440. The van der Waals surface area contributed by atoms with Crippen molar-refractivity contribution in [3.63, 3.8) is 0 Å². The molecule has 24 heavy (non-hydrogen) atoms. The molecule has 2 aromatic heterocycles. The maximum Gasteiger partial charge on any atom is 0.277 e. The highest BCUT2D eigenvalue weighted by Gasteiger charge is 2.12. The third-order valence-electron chi connectivity index (χ3n) is 2.85. The Morgan fingerprint density at radius 2 is 2.21 bits per heavy atom. The number of pyridine rings is 1. The molecule has 9 heteroatoms. The summed E-state index contributed by atoms with van der Waals surface area (Å²) in [4.78, 5) is 15.9. The summed E-state index contributed by atoms with van der Waals surface area (Å²) < 4.78 is 18.4. The summed E-state index contributed by atoms with van der Waals surface area (Å²) in [6, 6.07) is 7.28. The zero-order valence-electron chi connectivity index (χ0n) is 12.1. The second kappa shape index (κ2) is 7.41. The zero-order valence-corrected chi connectivity index (χ0v) is 13.6. The molecule has 122 valence electrons. The monoisotopic (exact) mass is 364 g/mol. The topological polar surface area (TPSA) is 80.9 Å². The molecule has 0 spiro atoms. The van der Waals surface area contributed by atoms with Crippen molar-refractivity contribution < 1.29 is 13.6 Å². The molecular weight excluding hydrogens is 355 g/mol. The van der Waals surface area contributed by atoms with E-state index in [0.29, 0.717) is 17.1 Å². The third kappa shape index (κ3) is 4.09. The number of hydrogen-bond donors (Lipinski definition) is 1. The number of halogens is 2. The number of thioether (sulfide) groups is 1. The maximum absolute atomic E-state index is 13.0. The van der Waals surface area contributed by atoms with E-state index in [1.54, 1.807) is 24.5 Å². The highest BCUT2D eigenvalue weighted by atomic mass is 35.5. The molecule has 0 radical (unpaired) electrons. The van der Waals surface area contributed by atoms with Gasteiger partial charge in [0, 0.05) is 12.4 Å². The Balaban J connectivity index is 1.58. The Morgan fingerprint density at radius 1 is 1.33 bits per heavy atom. The van der Waals surface area contributed by atoms with Gasteiger partial charge in [-0.2, -0.15) is 0 Å². The van der Waals surface area contributed by atoms with Crippen LogP contribution in [0, 0.1) is 5.82 Å². The van der Waals surface area contributed by atoms with Crippen LogP contribution in [-0.4, -0.2) is 26.8 Å². The van der Waals surface area contributed by atoms with Crippen molar-refractivity contribution >= 4 is 35.0 Å². The molecule has 2 heterocycles. The van der Waals surface area contributed by atoms with Gasteiger partial charge in [0.25, 0.3) is 5.22 Å². The van der Waals surface area contributed by atoms with Crippen LogP contribution in [0.15, 0.2) is 52.4 Å². The van der Waals surface area contributed by atoms with Crippen LogP contribution in [0.2, 0.25) is 5.02 Å². The summed E-state index contributed by atoms with van der Waals surface area (Å²) in [7, 11) is 0. The molecule has 0 unspecified atom stereocenters. The van der Waals surface area contributed by atoms with E-state index >= 15 is 0 Å². The first-order valence-electron chi connectivity index (χ1n) is 6.73. The normalized spacial score (nSPS) is 10.6. The van der Waals surface area contributed by atoms with Gasteiger partial charge in [-0.15, -0.1) is 10.2 Å². The average Bonchev–Trinajstić information content (AvgIpc) is 3.05. The minimum atomic E-state index is -0.471. The first-order chi connectivity index (χ1) is 11.6. The minimum Gasteiger partial charge on any atom is -0.411 e. The van der Waals surface area contributed by atoms with Crippen LogP contribution in [-0.2, 0) is 4.79 Å². The lowest BCUT2D eigenvalue weighted by molar-refractivity contribution is -0.113. The summed E-state index contributed by atoms with van der Waals surface area (Å²) in [6.07, 6.45) is 3.24. The SMILES string of the molecule is O=C(CSc1nnc(-c2cccnc2)o1)Nc1ccc(F)cc1Cl. The predicted octanol–water partition coefficient (Wildman–Crippen LogP) is 3.65. The van der Waals surface area contributed by atoms with E-state index in [1.807, 2.05) is 0 Å². The van der Waals surface area contributed by atoms with Crippen molar-refractivity contribution in [2.45, 2.75) is 5.22 Å². The fraction of sp³-hybridized carbons (Fsp3) is 0.0667. The summed E-state index contributed by atoms with van der Waals surface area (Å²) in [5.74, 6) is -0.425. The van der Waals surface area contributed by atoms with Crippen molar-refractivity contribution in [1.29, 1.82) is 0 Å². The molecule has 0 saturated carbocycles. The van der Waals surface area contributed by atoms with Gasteiger partial charge in [-0.05, 0) is 30.3 Å². The second-order valence-corrected chi connectivity index (χ2v) is 5.91. The van der Waals surface area contributed by atoms with Gasteiger partial charge >= 0.3 is 0 Å². The van der Waals surface area contributed by atoms with Gasteiger partial charge in [-0.3, -0.25) is 9.78 Å². The van der Waals surface area contributed by atoms with E-state index in [0.717, 1.165) is 17.8 Å². The van der Waals surface area contributed by atoms with Gasteiger partial charge in [0.2, 0.25) is 11.8 Å². The van der Waals surface area contributed by atoms with Crippen LogP contribution in [0.5, 0.6) is 0 Å². The summed E-state index contributed by atoms with van der Waals surface area (Å²) in [5, 5.41) is 10.7. The quantitative estimate of drug-likeness (QED) is 0.696. The molecule has 1 N–H and O–H groups in total. The first-order valence-corrected chi connectivity index (χ1v) is 8.10. The van der Waals surface area contributed by atoms with Gasteiger partial charge < -0.3 is 9.73 Å². The number of hydrogen-bond acceptors (Lipinski definition) is 6. The number of amides is 1. The Hall–Kier alpha value is -2.45. The van der Waals surface area contributed by atoms with Gasteiger partial charge in [-0.1, -0.05) is 23.4 Å². The van der Waals surface area contributed by atoms with Crippen LogP contribution >= 0.6 is 23.4 Å². The molecule has 6 nitrogen and oxygen atoms in total. The predicted molar refractivity (Wildman–Crippen MR) is 88.3 cm³/mol. The second-order valence-electron chi connectivity index (χ2n) is 4.58. The molecular formula is C15H10ClFN4O2S.